The monoisotopic (exact) mass is 467 g/mol. The van der Waals surface area contributed by atoms with Crippen LogP contribution in [0.25, 0.3) is 0 Å². The second-order valence-electron chi connectivity index (χ2n) is 7.34. The van der Waals surface area contributed by atoms with E-state index in [2.05, 4.69) is 0 Å². The van der Waals surface area contributed by atoms with Gasteiger partial charge in [-0.2, -0.15) is 4.31 Å². The SMILES string of the molecule is N=C(N)c1ccc(CN(CCc2ccc(OCC(=O)O)cc2)S(=O)(=O)c2ccccc2)cc1. The molecule has 0 aromatic heterocycles. The molecule has 3 rings (SSSR count). The molecule has 0 aliphatic carbocycles. The summed E-state index contributed by atoms with van der Waals surface area (Å²) in [6.07, 6.45) is 0.455. The molecular weight excluding hydrogens is 442 g/mol. The molecule has 0 atom stereocenters. The number of carboxylic acids is 1. The lowest BCUT2D eigenvalue weighted by Gasteiger charge is -2.23. The average Bonchev–Trinajstić information content (AvgIpc) is 2.81. The third-order valence-electron chi connectivity index (χ3n) is 4.94. The van der Waals surface area contributed by atoms with Crippen molar-refractivity contribution in [1.82, 2.24) is 4.31 Å². The van der Waals surface area contributed by atoms with E-state index in [9.17, 15) is 13.2 Å². The Labute approximate surface area is 192 Å². The summed E-state index contributed by atoms with van der Waals surface area (Å²) in [7, 11) is -3.75. The second kappa shape index (κ2) is 10.8. The number of sulfonamides is 1. The molecule has 0 amide bonds. The van der Waals surface area contributed by atoms with Gasteiger partial charge < -0.3 is 15.6 Å². The molecule has 0 saturated carbocycles. The molecule has 0 unspecified atom stereocenters. The zero-order valence-electron chi connectivity index (χ0n) is 17.8. The van der Waals surface area contributed by atoms with Gasteiger partial charge in [-0.05, 0) is 41.8 Å². The number of aliphatic carboxylic acids is 1. The fourth-order valence-electron chi connectivity index (χ4n) is 3.17. The molecule has 0 spiro atoms. The molecule has 8 nitrogen and oxygen atoms in total. The number of amidine groups is 1. The van der Waals surface area contributed by atoms with E-state index < -0.39 is 22.6 Å². The van der Waals surface area contributed by atoms with Gasteiger partial charge >= 0.3 is 5.97 Å². The van der Waals surface area contributed by atoms with E-state index in [0.29, 0.717) is 17.7 Å². The van der Waals surface area contributed by atoms with E-state index in [4.69, 9.17) is 21.0 Å². The molecule has 9 heteroatoms. The first-order chi connectivity index (χ1) is 15.8. The van der Waals surface area contributed by atoms with Crippen molar-refractivity contribution in [2.75, 3.05) is 13.2 Å². The third kappa shape index (κ3) is 6.64. The van der Waals surface area contributed by atoms with Gasteiger partial charge in [0.25, 0.3) is 0 Å². The van der Waals surface area contributed by atoms with Crippen LogP contribution in [0.5, 0.6) is 5.75 Å². The lowest BCUT2D eigenvalue weighted by atomic mass is 10.1. The van der Waals surface area contributed by atoms with Crippen LogP contribution in [-0.2, 0) is 27.8 Å². The second-order valence-corrected chi connectivity index (χ2v) is 9.28. The Bertz CT molecular complexity index is 1200. The minimum absolute atomic E-state index is 0.0499. The number of benzene rings is 3. The van der Waals surface area contributed by atoms with E-state index in [1.54, 1.807) is 78.9 Å². The topological polar surface area (TPSA) is 134 Å². The van der Waals surface area contributed by atoms with Crippen molar-refractivity contribution in [3.63, 3.8) is 0 Å². The van der Waals surface area contributed by atoms with Gasteiger partial charge in [-0.3, -0.25) is 5.41 Å². The fourth-order valence-corrected chi connectivity index (χ4v) is 4.62. The predicted molar refractivity (Wildman–Crippen MR) is 125 cm³/mol. The summed E-state index contributed by atoms with van der Waals surface area (Å²) in [4.78, 5) is 10.8. The van der Waals surface area contributed by atoms with Gasteiger partial charge in [0, 0.05) is 18.7 Å². The van der Waals surface area contributed by atoms with Crippen LogP contribution in [0.4, 0.5) is 0 Å². The zero-order valence-corrected chi connectivity index (χ0v) is 18.7. The van der Waals surface area contributed by atoms with Crippen LogP contribution in [0.1, 0.15) is 16.7 Å². The number of hydrogen-bond donors (Lipinski definition) is 3. The maximum absolute atomic E-state index is 13.3. The van der Waals surface area contributed by atoms with Gasteiger partial charge in [-0.1, -0.05) is 54.6 Å². The number of ether oxygens (including phenoxy) is 1. The van der Waals surface area contributed by atoms with Gasteiger partial charge in [-0.25, -0.2) is 13.2 Å². The molecule has 0 fully saturated rings. The molecule has 0 radical (unpaired) electrons. The highest BCUT2D eigenvalue weighted by atomic mass is 32.2. The van der Waals surface area contributed by atoms with E-state index in [1.165, 1.54) is 4.31 Å². The largest absolute Gasteiger partial charge is 0.482 e. The van der Waals surface area contributed by atoms with E-state index >= 15 is 0 Å². The van der Waals surface area contributed by atoms with Crippen LogP contribution in [0.2, 0.25) is 0 Å². The molecule has 0 saturated heterocycles. The van der Waals surface area contributed by atoms with Crippen LogP contribution in [0.15, 0.2) is 83.8 Å². The molecule has 0 heterocycles. The zero-order chi connectivity index (χ0) is 23.8. The van der Waals surface area contributed by atoms with Crippen molar-refractivity contribution in [2.24, 2.45) is 5.73 Å². The van der Waals surface area contributed by atoms with Crippen molar-refractivity contribution < 1.29 is 23.1 Å². The van der Waals surface area contributed by atoms with Crippen LogP contribution < -0.4 is 10.5 Å². The van der Waals surface area contributed by atoms with Gasteiger partial charge in [0.1, 0.15) is 11.6 Å². The molecular formula is C24H25N3O5S. The summed E-state index contributed by atoms with van der Waals surface area (Å²) in [5.41, 5.74) is 7.74. The Hall–Kier alpha value is -3.69. The summed E-state index contributed by atoms with van der Waals surface area (Å²) < 4.78 is 33.2. The molecule has 4 N–H and O–H groups in total. The van der Waals surface area contributed by atoms with Crippen molar-refractivity contribution in [1.29, 1.82) is 5.41 Å². The minimum atomic E-state index is -3.75. The average molecular weight is 468 g/mol. The third-order valence-corrected chi connectivity index (χ3v) is 6.80. The Kier molecular flexibility index (Phi) is 7.81. The number of rotatable bonds is 11. The molecule has 172 valence electrons. The van der Waals surface area contributed by atoms with Gasteiger partial charge in [-0.15, -0.1) is 0 Å². The Morgan fingerprint density at radius 2 is 1.55 bits per heavy atom. The normalized spacial score (nSPS) is 11.3. The molecule has 3 aromatic rings. The molecule has 33 heavy (non-hydrogen) atoms. The molecule has 0 bridgehead atoms. The van der Waals surface area contributed by atoms with Crippen LogP contribution in [0.3, 0.4) is 0 Å². The summed E-state index contributed by atoms with van der Waals surface area (Å²) >= 11 is 0. The number of carboxylic acid groups (broad SMARTS) is 1. The number of hydrogen-bond acceptors (Lipinski definition) is 5. The van der Waals surface area contributed by atoms with Crippen molar-refractivity contribution in [2.45, 2.75) is 17.9 Å². The van der Waals surface area contributed by atoms with Gasteiger partial charge in [0.05, 0.1) is 4.90 Å². The van der Waals surface area contributed by atoms with Gasteiger partial charge in [0.15, 0.2) is 6.61 Å². The quantitative estimate of drug-likeness (QED) is 0.293. The number of nitrogens with two attached hydrogens (primary N) is 1. The first kappa shape index (κ1) is 24.0. The minimum Gasteiger partial charge on any atom is -0.482 e. The van der Waals surface area contributed by atoms with Crippen LogP contribution in [-0.4, -0.2) is 42.8 Å². The Morgan fingerprint density at radius 3 is 2.12 bits per heavy atom. The first-order valence-electron chi connectivity index (χ1n) is 10.2. The molecule has 0 aliphatic rings. The predicted octanol–water partition coefficient (Wildman–Crippen LogP) is 2.87. The lowest BCUT2D eigenvalue weighted by Crippen LogP contribution is -2.32. The molecule has 0 aliphatic heterocycles. The summed E-state index contributed by atoms with van der Waals surface area (Å²) in [6, 6.07) is 22.1. The number of carbonyl (C=O) groups is 1. The highest BCUT2D eigenvalue weighted by Gasteiger charge is 2.24. The Balaban J connectivity index is 1.78. The van der Waals surface area contributed by atoms with Crippen molar-refractivity contribution in [3.05, 3.63) is 95.6 Å². The summed E-state index contributed by atoms with van der Waals surface area (Å²) in [5, 5.41) is 16.2. The Morgan fingerprint density at radius 1 is 0.939 bits per heavy atom. The maximum atomic E-state index is 13.3. The van der Waals surface area contributed by atoms with E-state index in [1.807, 2.05) is 0 Å². The van der Waals surface area contributed by atoms with E-state index in [0.717, 1.165) is 11.1 Å². The van der Waals surface area contributed by atoms with Crippen LogP contribution in [0, 0.1) is 5.41 Å². The van der Waals surface area contributed by atoms with E-state index in [-0.39, 0.29) is 23.8 Å². The lowest BCUT2D eigenvalue weighted by molar-refractivity contribution is -0.139. The number of nitrogen functional groups attached to an aromatic ring is 1. The standard InChI is InChI=1S/C24H25N3O5S/c25-24(26)20-10-6-19(7-11-20)16-27(33(30,31)22-4-2-1-3-5-22)15-14-18-8-12-21(13-9-18)32-17-23(28)29/h1-13H,14-17H2,(H3,25,26)(H,28,29). The van der Waals surface area contributed by atoms with Gasteiger partial charge in [0.2, 0.25) is 10.0 Å². The first-order valence-corrected chi connectivity index (χ1v) is 11.6. The fraction of sp³-hybridized carbons (Fsp3) is 0.167. The van der Waals surface area contributed by atoms with Crippen molar-refractivity contribution >= 4 is 21.8 Å². The summed E-state index contributed by atoms with van der Waals surface area (Å²) in [6.45, 7) is -0.0267. The smallest absolute Gasteiger partial charge is 0.341 e. The number of nitrogens with zero attached hydrogens (tertiary/aromatic N) is 1. The van der Waals surface area contributed by atoms with Crippen molar-refractivity contribution in [3.8, 4) is 5.75 Å². The maximum Gasteiger partial charge on any atom is 0.341 e. The number of nitrogens with one attached hydrogen (secondary N) is 1. The highest BCUT2D eigenvalue weighted by molar-refractivity contribution is 7.89. The summed E-state index contributed by atoms with van der Waals surface area (Å²) in [5.74, 6) is -0.677. The molecule has 3 aromatic carbocycles. The van der Waals surface area contributed by atoms with Crippen LogP contribution >= 0.6 is 0 Å². The highest BCUT2D eigenvalue weighted by Crippen LogP contribution is 2.20.